The molecule has 0 saturated carbocycles. The summed E-state index contributed by atoms with van der Waals surface area (Å²) in [6.45, 7) is 0.457. The molecule has 36 heavy (non-hydrogen) atoms. The predicted octanol–water partition coefficient (Wildman–Crippen LogP) is 6.31. The largest absolute Gasteiger partial charge is 0.478 e. The van der Waals surface area contributed by atoms with Crippen molar-refractivity contribution in [3.63, 3.8) is 0 Å². The second-order valence-corrected chi connectivity index (χ2v) is 8.18. The Morgan fingerprint density at radius 2 is 1.31 bits per heavy atom. The lowest BCUT2D eigenvalue weighted by molar-refractivity contribution is -0.137. The van der Waals surface area contributed by atoms with Crippen molar-refractivity contribution in [1.29, 1.82) is 0 Å². The van der Waals surface area contributed by atoms with Gasteiger partial charge in [-0.15, -0.1) is 0 Å². The molecule has 1 heterocycles. The third kappa shape index (κ3) is 5.96. The Morgan fingerprint density at radius 1 is 0.750 bits per heavy atom. The van der Waals surface area contributed by atoms with Crippen LogP contribution < -0.4 is 0 Å². The second-order valence-electron chi connectivity index (χ2n) is 8.18. The van der Waals surface area contributed by atoms with Gasteiger partial charge in [0, 0.05) is 31.0 Å². The molecular weight excluding hydrogens is 469 g/mol. The quantitative estimate of drug-likeness (QED) is 0.330. The number of hydrogen-bond donors (Lipinski definition) is 1. The first-order valence-electron chi connectivity index (χ1n) is 11.0. The van der Waals surface area contributed by atoms with Crippen LogP contribution in [-0.2, 0) is 19.3 Å². The summed E-state index contributed by atoms with van der Waals surface area (Å²) in [5.74, 6) is -1.40. The standard InChI is InChI=1S/C28H21F3N2O3/c29-28(30,31)25-13-11-23(12-14-25)26(34)33(18-20-2-1-15-32-16-20)17-19-3-5-21(6-4-19)22-7-9-24(10-8-22)27(35)36/h1-16H,17-18H2,(H,35,36). The zero-order valence-corrected chi connectivity index (χ0v) is 18.9. The minimum absolute atomic E-state index is 0.155. The highest BCUT2D eigenvalue weighted by Crippen LogP contribution is 2.29. The topological polar surface area (TPSA) is 70.5 Å². The molecule has 4 aromatic rings. The Morgan fingerprint density at radius 3 is 1.83 bits per heavy atom. The highest BCUT2D eigenvalue weighted by molar-refractivity contribution is 5.94. The molecule has 0 bridgehead atoms. The lowest BCUT2D eigenvalue weighted by Gasteiger charge is -2.23. The number of hydrogen-bond acceptors (Lipinski definition) is 3. The number of carboxylic acid groups (broad SMARTS) is 1. The van der Waals surface area contributed by atoms with Crippen molar-refractivity contribution < 1.29 is 27.9 Å². The van der Waals surface area contributed by atoms with Crippen LogP contribution in [0.2, 0.25) is 0 Å². The maximum absolute atomic E-state index is 13.3. The summed E-state index contributed by atoms with van der Waals surface area (Å²) in [7, 11) is 0. The van der Waals surface area contributed by atoms with E-state index < -0.39 is 23.6 Å². The number of rotatable bonds is 7. The number of carbonyl (C=O) groups excluding carboxylic acids is 1. The van der Waals surface area contributed by atoms with Gasteiger partial charge in [-0.2, -0.15) is 13.2 Å². The number of amides is 1. The van der Waals surface area contributed by atoms with Crippen LogP contribution in [-0.4, -0.2) is 26.9 Å². The van der Waals surface area contributed by atoms with Crippen LogP contribution in [0.5, 0.6) is 0 Å². The van der Waals surface area contributed by atoms with Crippen molar-refractivity contribution in [3.8, 4) is 11.1 Å². The van der Waals surface area contributed by atoms with Crippen molar-refractivity contribution in [2.45, 2.75) is 19.3 Å². The minimum atomic E-state index is -4.48. The van der Waals surface area contributed by atoms with Gasteiger partial charge in [-0.25, -0.2) is 4.79 Å². The minimum Gasteiger partial charge on any atom is -0.478 e. The van der Waals surface area contributed by atoms with Gasteiger partial charge in [-0.1, -0.05) is 42.5 Å². The third-order valence-corrected chi connectivity index (χ3v) is 5.64. The Bertz CT molecular complexity index is 1340. The van der Waals surface area contributed by atoms with E-state index in [4.69, 9.17) is 5.11 Å². The van der Waals surface area contributed by atoms with E-state index in [1.165, 1.54) is 24.3 Å². The molecule has 0 spiro atoms. The van der Waals surface area contributed by atoms with Gasteiger partial charge in [0.25, 0.3) is 5.91 Å². The lowest BCUT2D eigenvalue weighted by atomic mass is 10.0. The fourth-order valence-corrected chi connectivity index (χ4v) is 3.72. The Balaban J connectivity index is 1.56. The molecule has 0 unspecified atom stereocenters. The smallest absolute Gasteiger partial charge is 0.416 e. The van der Waals surface area contributed by atoms with Gasteiger partial charge in [0.2, 0.25) is 0 Å². The SMILES string of the molecule is O=C(O)c1ccc(-c2ccc(CN(Cc3cccnc3)C(=O)c3ccc(C(F)(F)F)cc3)cc2)cc1. The summed E-state index contributed by atoms with van der Waals surface area (Å²) in [6.07, 6.45) is -1.23. The van der Waals surface area contributed by atoms with Crippen molar-refractivity contribution in [2.75, 3.05) is 0 Å². The van der Waals surface area contributed by atoms with Crippen LogP contribution in [0.4, 0.5) is 13.2 Å². The first-order chi connectivity index (χ1) is 17.2. The number of aromatic nitrogens is 1. The molecule has 182 valence electrons. The van der Waals surface area contributed by atoms with E-state index in [-0.39, 0.29) is 24.2 Å². The normalized spacial score (nSPS) is 11.2. The number of aromatic carboxylic acids is 1. The van der Waals surface area contributed by atoms with Crippen molar-refractivity contribution in [3.05, 3.63) is 125 Å². The summed E-state index contributed by atoms with van der Waals surface area (Å²) in [6, 6.07) is 21.7. The van der Waals surface area contributed by atoms with E-state index in [0.717, 1.165) is 34.4 Å². The molecule has 8 heteroatoms. The first kappa shape index (κ1) is 24.7. The summed E-state index contributed by atoms with van der Waals surface area (Å²) in [4.78, 5) is 30.0. The summed E-state index contributed by atoms with van der Waals surface area (Å²) in [5.41, 5.74) is 2.87. The maximum Gasteiger partial charge on any atom is 0.416 e. The third-order valence-electron chi connectivity index (χ3n) is 5.64. The molecule has 0 atom stereocenters. The van der Waals surface area contributed by atoms with Crippen LogP contribution in [0, 0.1) is 0 Å². The number of nitrogens with zero attached hydrogens (tertiary/aromatic N) is 2. The predicted molar refractivity (Wildman–Crippen MR) is 128 cm³/mol. The van der Waals surface area contributed by atoms with Crippen LogP contribution in [0.15, 0.2) is 97.3 Å². The van der Waals surface area contributed by atoms with E-state index in [1.54, 1.807) is 35.5 Å². The average Bonchev–Trinajstić information content (AvgIpc) is 2.88. The van der Waals surface area contributed by atoms with E-state index in [1.807, 2.05) is 30.3 Å². The van der Waals surface area contributed by atoms with E-state index in [0.29, 0.717) is 0 Å². The number of halogens is 3. The molecule has 5 nitrogen and oxygen atoms in total. The molecule has 1 N–H and O–H groups in total. The highest BCUT2D eigenvalue weighted by atomic mass is 19.4. The molecular formula is C28H21F3N2O3. The summed E-state index contributed by atoms with van der Waals surface area (Å²) < 4.78 is 38.8. The number of carboxylic acids is 1. The molecule has 0 fully saturated rings. The van der Waals surface area contributed by atoms with E-state index >= 15 is 0 Å². The molecule has 0 aliphatic rings. The average molecular weight is 490 g/mol. The lowest BCUT2D eigenvalue weighted by Crippen LogP contribution is -2.30. The van der Waals surface area contributed by atoms with Crippen molar-refractivity contribution >= 4 is 11.9 Å². The molecule has 1 amide bonds. The van der Waals surface area contributed by atoms with Crippen LogP contribution in [0.3, 0.4) is 0 Å². The van der Waals surface area contributed by atoms with Gasteiger partial charge < -0.3 is 10.0 Å². The van der Waals surface area contributed by atoms with Gasteiger partial charge in [0.05, 0.1) is 11.1 Å². The molecule has 4 rings (SSSR count). The number of carbonyl (C=O) groups is 2. The first-order valence-corrected chi connectivity index (χ1v) is 11.0. The summed E-state index contributed by atoms with van der Waals surface area (Å²) in [5, 5.41) is 9.06. The Hall–Kier alpha value is -4.46. The molecule has 3 aromatic carbocycles. The molecule has 0 aliphatic heterocycles. The van der Waals surface area contributed by atoms with Crippen LogP contribution in [0.1, 0.15) is 37.4 Å². The Labute approximate surface area is 205 Å². The summed E-state index contributed by atoms with van der Waals surface area (Å²) >= 11 is 0. The van der Waals surface area contributed by atoms with E-state index in [9.17, 15) is 22.8 Å². The van der Waals surface area contributed by atoms with Gasteiger partial charge in [0.15, 0.2) is 0 Å². The fourth-order valence-electron chi connectivity index (χ4n) is 3.72. The fraction of sp³-hybridized carbons (Fsp3) is 0.107. The van der Waals surface area contributed by atoms with E-state index in [2.05, 4.69) is 4.98 Å². The van der Waals surface area contributed by atoms with Crippen molar-refractivity contribution in [2.24, 2.45) is 0 Å². The molecule has 0 aliphatic carbocycles. The van der Waals surface area contributed by atoms with Gasteiger partial charge in [-0.05, 0) is 64.7 Å². The van der Waals surface area contributed by atoms with Crippen molar-refractivity contribution in [1.82, 2.24) is 9.88 Å². The van der Waals surface area contributed by atoms with Crippen LogP contribution in [0.25, 0.3) is 11.1 Å². The zero-order chi connectivity index (χ0) is 25.7. The molecule has 0 radical (unpaired) electrons. The monoisotopic (exact) mass is 490 g/mol. The number of pyridine rings is 1. The Kier molecular flexibility index (Phi) is 7.15. The van der Waals surface area contributed by atoms with Gasteiger partial charge >= 0.3 is 12.1 Å². The number of alkyl halides is 3. The number of benzene rings is 3. The van der Waals surface area contributed by atoms with Gasteiger partial charge in [0.1, 0.15) is 0 Å². The highest BCUT2D eigenvalue weighted by Gasteiger charge is 2.30. The van der Waals surface area contributed by atoms with Crippen LogP contribution >= 0.6 is 0 Å². The second kappa shape index (κ2) is 10.4. The molecule has 1 aromatic heterocycles. The molecule has 0 saturated heterocycles. The van der Waals surface area contributed by atoms with Gasteiger partial charge in [-0.3, -0.25) is 9.78 Å². The zero-order valence-electron chi connectivity index (χ0n) is 18.9. The maximum atomic E-state index is 13.3.